The Morgan fingerprint density at radius 1 is 1.36 bits per heavy atom. The molecule has 1 aromatic carbocycles. The van der Waals surface area contributed by atoms with Crippen LogP contribution in [0.1, 0.15) is 11.6 Å². The van der Waals surface area contributed by atoms with Gasteiger partial charge >= 0.3 is 0 Å². The lowest BCUT2D eigenvalue weighted by Gasteiger charge is -2.09. The van der Waals surface area contributed by atoms with Crippen LogP contribution < -0.4 is 5.73 Å². The van der Waals surface area contributed by atoms with Gasteiger partial charge in [-0.3, -0.25) is 0 Å². The van der Waals surface area contributed by atoms with Crippen molar-refractivity contribution < 1.29 is 10.2 Å². The minimum atomic E-state index is -0.490. The maximum absolute atomic E-state index is 9.22. The second-order valence-corrected chi connectivity index (χ2v) is 2.35. The van der Waals surface area contributed by atoms with Crippen LogP contribution in [0.5, 0.6) is 5.75 Å². The highest BCUT2D eigenvalue weighted by Gasteiger charge is 2.07. The standard InChI is InChI=1S/C8H11NO2/c9-7(5-10)6-3-1-2-4-8(6)11/h1-4,7,10-11H,5,9H2. The number of hydrogen-bond donors (Lipinski definition) is 3. The first-order valence-electron chi connectivity index (χ1n) is 3.40. The van der Waals surface area contributed by atoms with Crippen LogP contribution in [0.15, 0.2) is 24.3 Å². The van der Waals surface area contributed by atoms with Gasteiger partial charge in [-0.1, -0.05) is 18.2 Å². The summed E-state index contributed by atoms with van der Waals surface area (Å²) < 4.78 is 0. The van der Waals surface area contributed by atoms with E-state index >= 15 is 0 Å². The number of para-hydroxylation sites is 1. The molecule has 0 saturated carbocycles. The fraction of sp³-hybridized carbons (Fsp3) is 0.250. The van der Waals surface area contributed by atoms with Gasteiger partial charge in [-0.2, -0.15) is 0 Å². The Hall–Kier alpha value is -1.06. The Morgan fingerprint density at radius 3 is 2.55 bits per heavy atom. The number of phenols is 1. The Morgan fingerprint density at radius 2 is 2.00 bits per heavy atom. The summed E-state index contributed by atoms with van der Waals surface area (Å²) in [7, 11) is 0. The van der Waals surface area contributed by atoms with E-state index in [1.54, 1.807) is 24.3 Å². The number of phenolic OH excluding ortho intramolecular Hbond substituents is 1. The van der Waals surface area contributed by atoms with Crippen LogP contribution >= 0.6 is 0 Å². The lowest BCUT2D eigenvalue weighted by Crippen LogP contribution is -2.14. The first kappa shape index (κ1) is 8.04. The third kappa shape index (κ3) is 1.69. The average Bonchev–Trinajstić information content (AvgIpc) is 2.04. The zero-order chi connectivity index (χ0) is 8.27. The predicted octanol–water partition coefficient (Wildman–Crippen LogP) is 0.384. The van der Waals surface area contributed by atoms with Gasteiger partial charge in [0.1, 0.15) is 5.75 Å². The highest BCUT2D eigenvalue weighted by molar-refractivity contribution is 5.34. The van der Waals surface area contributed by atoms with E-state index in [4.69, 9.17) is 10.8 Å². The van der Waals surface area contributed by atoms with E-state index in [9.17, 15) is 5.11 Å². The Balaban J connectivity index is 2.93. The largest absolute Gasteiger partial charge is 0.508 e. The van der Waals surface area contributed by atoms with Crippen molar-refractivity contribution in [3.05, 3.63) is 29.8 Å². The summed E-state index contributed by atoms with van der Waals surface area (Å²) in [4.78, 5) is 0. The summed E-state index contributed by atoms with van der Waals surface area (Å²) in [5, 5.41) is 17.9. The van der Waals surface area contributed by atoms with Gasteiger partial charge in [-0.05, 0) is 6.07 Å². The van der Waals surface area contributed by atoms with Crippen molar-refractivity contribution in [2.24, 2.45) is 5.73 Å². The van der Waals surface area contributed by atoms with E-state index < -0.39 is 6.04 Å². The molecule has 1 rings (SSSR count). The molecule has 0 aliphatic rings. The van der Waals surface area contributed by atoms with Gasteiger partial charge in [-0.15, -0.1) is 0 Å². The molecule has 3 heteroatoms. The molecule has 4 N–H and O–H groups in total. The molecule has 0 heterocycles. The molecule has 0 saturated heterocycles. The Labute approximate surface area is 65.1 Å². The van der Waals surface area contributed by atoms with Crippen molar-refractivity contribution in [2.45, 2.75) is 6.04 Å². The number of aromatic hydroxyl groups is 1. The molecular weight excluding hydrogens is 142 g/mol. The number of hydrogen-bond acceptors (Lipinski definition) is 3. The Kier molecular flexibility index (Phi) is 2.46. The normalized spacial score (nSPS) is 12.9. The zero-order valence-corrected chi connectivity index (χ0v) is 6.07. The van der Waals surface area contributed by atoms with Crippen molar-refractivity contribution in [1.82, 2.24) is 0 Å². The summed E-state index contributed by atoms with van der Waals surface area (Å²) >= 11 is 0. The summed E-state index contributed by atoms with van der Waals surface area (Å²) in [5.74, 6) is 0.133. The van der Waals surface area contributed by atoms with E-state index in [2.05, 4.69) is 0 Å². The van der Waals surface area contributed by atoms with Crippen molar-refractivity contribution in [1.29, 1.82) is 0 Å². The van der Waals surface area contributed by atoms with Gasteiger partial charge in [0.15, 0.2) is 0 Å². The summed E-state index contributed by atoms with van der Waals surface area (Å²) in [6.45, 7) is -0.155. The van der Waals surface area contributed by atoms with E-state index in [1.807, 2.05) is 0 Å². The molecule has 0 spiro atoms. The van der Waals surface area contributed by atoms with Gasteiger partial charge in [0, 0.05) is 5.56 Å². The number of rotatable bonds is 2. The van der Waals surface area contributed by atoms with Crippen molar-refractivity contribution in [3.8, 4) is 5.75 Å². The molecule has 0 fully saturated rings. The quantitative estimate of drug-likeness (QED) is 0.575. The van der Waals surface area contributed by atoms with Crippen LogP contribution in [0, 0.1) is 0 Å². The van der Waals surface area contributed by atoms with E-state index in [0.29, 0.717) is 5.56 Å². The molecule has 0 aromatic heterocycles. The van der Waals surface area contributed by atoms with Gasteiger partial charge in [-0.25, -0.2) is 0 Å². The smallest absolute Gasteiger partial charge is 0.120 e. The monoisotopic (exact) mass is 153 g/mol. The van der Waals surface area contributed by atoms with E-state index in [0.717, 1.165) is 0 Å². The molecule has 0 aliphatic heterocycles. The maximum atomic E-state index is 9.22. The van der Waals surface area contributed by atoms with Crippen LogP contribution in [0.25, 0.3) is 0 Å². The summed E-state index contributed by atoms with van der Waals surface area (Å²) in [5.41, 5.74) is 6.06. The highest BCUT2D eigenvalue weighted by Crippen LogP contribution is 2.20. The number of aliphatic hydroxyl groups excluding tert-OH is 1. The van der Waals surface area contributed by atoms with Crippen LogP contribution in [-0.4, -0.2) is 16.8 Å². The maximum Gasteiger partial charge on any atom is 0.120 e. The average molecular weight is 153 g/mol. The van der Waals surface area contributed by atoms with Crippen LogP contribution in [0.4, 0.5) is 0 Å². The fourth-order valence-corrected chi connectivity index (χ4v) is 0.899. The molecule has 11 heavy (non-hydrogen) atoms. The minimum absolute atomic E-state index is 0.133. The SMILES string of the molecule is NC(CO)c1ccccc1O. The molecule has 0 aliphatic carbocycles. The lowest BCUT2D eigenvalue weighted by atomic mass is 10.1. The van der Waals surface area contributed by atoms with Gasteiger partial charge in [0.25, 0.3) is 0 Å². The summed E-state index contributed by atoms with van der Waals surface area (Å²) in [6.07, 6.45) is 0. The molecule has 1 aromatic rings. The lowest BCUT2D eigenvalue weighted by molar-refractivity contribution is 0.265. The second-order valence-electron chi connectivity index (χ2n) is 2.35. The molecule has 0 radical (unpaired) electrons. The molecular formula is C8H11NO2. The third-order valence-corrected chi connectivity index (χ3v) is 1.53. The summed E-state index contributed by atoms with van der Waals surface area (Å²) in [6, 6.07) is 6.23. The first-order valence-corrected chi connectivity index (χ1v) is 3.40. The third-order valence-electron chi connectivity index (χ3n) is 1.53. The first-order chi connectivity index (χ1) is 5.25. The van der Waals surface area contributed by atoms with Crippen LogP contribution in [-0.2, 0) is 0 Å². The highest BCUT2D eigenvalue weighted by atomic mass is 16.3. The number of aliphatic hydroxyl groups is 1. The number of benzene rings is 1. The predicted molar refractivity (Wildman–Crippen MR) is 42.1 cm³/mol. The molecule has 0 bridgehead atoms. The molecule has 0 amide bonds. The van der Waals surface area contributed by atoms with Crippen molar-refractivity contribution in [3.63, 3.8) is 0 Å². The van der Waals surface area contributed by atoms with Crippen molar-refractivity contribution >= 4 is 0 Å². The van der Waals surface area contributed by atoms with Crippen LogP contribution in [0.2, 0.25) is 0 Å². The van der Waals surface area contributed by atoms with E-state index in [1.165, 1.54) is 0 Å². The molecule has 1 atom stereocenters. The van der Waals surface area contributed by atoms with Crippen LogP contribution in [0.3, 0.4) is 0 Å². The zero-order valence-electron chi connectivity index (χ0n) is 6.07. The number of nitrogens with two attached hydrogens (primary N) is 1. The Bertz CT molecular complexity index is 237. The second kappa shape index (κ2) is 3.37. The van der Waals surface area contributed by atoms with Gasteiger partial charge in [0.2, 0.25) is 0 Å². The minimum Gasteiger partial charge on any atom is -0.508 e. The van der Waals surface area contributed by atoms with E-state index in [-0.39, 0.29) is 12.4 Å². The molecule has 3 nitrogen and oxygen atoms in total. The topological polar surface area (TPSA) is 66.5 Å². The molecule has 60 valence electrons. The van der Waals surface area contributed by atoms with Gasteiger partial charge < -0.3 is 15.9 Å². The van der Waals surface area contributed by atoms with Crippen molar-refractivity contribution in [2.75, 3.05) is 6.61 Å². The fourth-order valence-electron chi connectivity index (χ4n) is 0.899. The molecule has 1 unspecified atom stereocenters. The van der Waals surface area contributed by atoms with Gasteiger partial charge in [0.05, 0.1) is 12.6 Å².